The van der Waals surface area contributed by atoms with Gasteiger partial charge in [-0.15, -0.1) is 0 Å². The van der Waals surface area contributed by atoms with Gasteiger partial charge < -0.3 is 19.6 Å². The predicted molar refractivity (Wildman–Crippen MR) is 117 cm³/mol. The van der Waals surface area contributed by atoms with Gasteiger partial charge >= 0.3 is 0 Å². The Balaban J connectivity index is 2.06. The number of hydrogen-bond acceptors (Lipinski definition) is 4. The molecule has 1 fully saturated rings. The predicted octanol–water partition coefficient (Wildman–Crippen LogP) is 1.15. The molecule has 1 N–H and O–H groups in total. The first kappa shape index (κ1) is 22.6. The van der Waals surface area contributed by atoms with Crippen LogP contribution in [0.2, 0.25) is 0 Å². The highest BCUT2D eigenvalue weighted by Gasteiger charge is 2.44. The second-order valence-corrected chi connectivity index (χ2v) is 8.21. The number of ketones is 1. The highest BCUT2D eigenvalue weighted by atomic mass is 16.5. The molecule has 2 aromatic carbocycles. The van der Waals surface area contributed by atoms with Gasteiger partial charge in [0.2, 0.25) is 5.78 Å². The fraction of sp³-hybridized carbons (Fsp3) is 0.360. The first-order valence-corrected chi connectivity index (χ1v) is 10.7. The van der Waals surface area contributed by atoms with Gasteiger partial charge in [-0.25, -0.2) is 0 Å². The fourth-order valence-electron chi connectivity index (χ4n) is 3.62. The Hall–Kier alpha value is -3.12. The molecule has 2 aromatic rings. The molecule has 1 unspecified atom stereocenters. The van der Waals surface area contributed by atoms with Crippen LogP contribution in [0, 0.1) is 6.92 Å². The molecule has 0 bridgehead atoms. The van der Waals surface area contributed by atoms with Gasteiger partial charge in [0.15, 0.2) is 0 Å². The Morgan fingerprint density at radius 1 is 1.06 bits per heavy atom. The zero-order valence-corrected chi connectivity index (χ0v) is 18.6. The van der Waals surface area contributed by atoms with Crippen molar-refractivity contribution in [2.24, 2.45) is 0 Å². The lowest BCUT2D eigenvalue weighted by atomic mass is 9.95. The first-order valence-electron chi connectivity index (χ1n) is 10.7. The van der Waals surface area contributed by atoms with Crippen LogP contribution in [0.3, 0.4) is 0 Å². The lowest BCUT2D eigenvalue weighted by Crippen LogP contribution is -3.06. The van der Waals surface area contributed by atoms with Gasteiger partial charge in [0, 0.05) is 5.57 Å². The molecule has 0 saturated carbocycles. The summed E-state index contributed by atoms with van der Waals surface area (Å²) in [6.07, 6.45) is 0.900. The summed E-state index contributed by atoms with van der Waals surface area (Å²) in [5.41, 5.74) is 2.18. The smallest absolute Gasteiger partial charge is 0.295 e. The summed E-state index contributed by atoms with van der Waals surface area (Å²) < 4.78 is 5.65. The maximum absolute atomic E-state index is 13.3. The second-order valence-electron chi connectivity index (χ2n) is 8.21. The third-order valence-corrected chi connectivity index (χ3v) is 5.36. The zero-order chi connectivity index (χ0) is 22.5. The molecule has 164 valence electrons. The van der Waals surface area contributed by atoms with Gasteiger partial charge in [-0.05, 0) is 36.6 Å². The number of ether oxygens (including phenoxy) is 1. The van der Waals surface area contributed by atoms with Gasteiger partial charge in [-0.1, -0.05) is 54.6 Å². The van der Waals surface area contributed by atoms with Crippen LogP contribution < -0.4 is 14.7 Å². The molecule has 1 amide bonds. The zero-order valence-electron chi connectivity index (χ0n) is 18.6. The molecule has 1 atom stereocenters. The molecule has 6 heteroatoms. The van der Waals surface area contributed by atoms with E-state index in [0.717, 1.165) is 28.2 Å². The summed E-state index contributed by atoms with van der Waals surface area (Å²) in [6.45, 7) is 5.63. The number of carbonyl (C=O) groups is 2. The minimum Gasteiger partial charge on any atom is -0.872 e. The van der Waals surface area contributed by atoms with Crippen molar-refractivity contribution < 1.29 is 24.3 Å². The standard InChI is InChI=1S/C25H30N2O4/c1-5-16-31-20-12-10-18(11-13-20)22-21(23(28)19-8-6-17(2)7-9-19)24(29)25(30)27(22)15-14-26(3)4/h6-13,22,28H,5,14-16H2,1-4H3. The summed E-state index contributed by atoms with van der Waals surface area (Å²) in [5.74, 6) is -1.00. The molecule has 1 saturated heterocycles. The van der Waals surface area contributed by atoms with Crippen LogP contribution in [0.5, 0.6) is 5.75 Å². The number of rotatable bonds is 8. The van der Waals surface area contributed by atoms with Crippen molar-refractivity contribution in [3.05, 3.63) is 70.8 Å². The molecular formula is C25H30N2O4. The Bertz CT molecular complexity index is 962. The summed E-state index contributed by atoms with van der Waals surface area (Å²) in [6, 6.07) is 13.7. The number of amides is 1. The van der Waals surface area contributed by atoms with Gasteiger partial charge in [-0.2, -0.15) is 0 Å². The monoisotopic (exact) mass is 422 g/mol. The molecule has 0 radical (unpaired) electrons. The van der Waals surface area contributed by atoms with Crippen molar-refractivity contribution >= 4 is 17.4 Å². The number of likely N-dealkylation sites (tertiary alicyclic amines) is 1. The van der Waals surface area contributed by atoms with E-state index >= 15 is 0 Å². The van der Waals surface area contributed by atoms with E-state index in [0.29, 0.717) is 25.3 Å². The van der Waals surface area contributed by atoms with Gasteiger partial charge in [0.25, 0.3) is 5.91 Å². The van der Waals surface area contributed by atoms with E-state index in [4.69, 9.17) is 4.74 Å². The van der Waals surface area contributed by atoms with Gasteiger partial charge in [0.05, 0.1) is 39.8 Å². The van der Waals surface area contributed by atoms with Crippen molar-refractivity contribution in [1.29, 1.82) is 0 Å². The minimum absolute atomic E-state index is 0.0184. The Morgan fingerprint density at radius 3 is 2.29 bits per heavy atom. The molecule has 3 rings (SSSR count). The van der Waals surface area contributed by atoms with Crippen LogP contribution in [0.25, 0.3) is 5.76 Å². The molecule has 0 aromatic heterocycles. The van der Waals surface area contributed by atoms with E-state index in [9.17, 15) is 14.7 Å². The number of nitrogens with one attached hydrogen (secondary N) is 1. The van der Waals surface area contributed by atoms with Gasteiger partial charge in [0.1, 0.15) is 5.75 Å². The normalized spacial score (nSPS) is 18.1. The van der Waals surface area contributed by atoms with E-state index in [1.807, 2.05) is 64.3 Å². The summed E-state index contributed by atoms with van der Waals surface area (Å²) in [4.78, 5) is 28.5. The van der Waals surface area contributed by atoms with Crippen LogP contribution in [-0.4, -0.2) is 50.4 Å². The Morgan fingerprint density at radius 2 is 1.71 bits per heavy atom. The number of nitrogens with zero attached hydrogens (tertiary/aromatic N) is 1. The van der Waals surface area contributed by atoms with Crippen LogP contribution in [0.15, 0.2) is 54.1 Å². The summed E-state index contributed by atoms with van der Waals surface area (Å²) in [7, 11) is 3.97. The third kappa shape index (κ3) is 4.97. The Kier molecular flexibility index (Phi) is 7.13. The van der Waals surface area contributed by atoms with E-state index in [-0.39, 0.29) is 5.57 Å². The van der Waals surface area contributed by atoms with Crippen LogP contribution in [0.4, 0.5) is 0 Å². The maximum atomic E-state index is 13.3. The van der Waals surface area contributed by atoms with Crippen molar-refractivity contribution in [3.8, 4) is 5.75 Å². The average molecular weight is 423 g/mol. The van der Waals surface area contributed by atoms with Crippen molar-refractivity contribution in [3.63, 3.8) is 0 Å². The van der Waals surface area contributed by atoms with Crippen LogP contribution in [0.1, 0.15) is 36.1 Å². The highest BCUT2D eigenvalue weighted by Crippen LogP contribution is 2.38. The molecule has 0 aliphatic carbocycles. The lowest BCUT2D eigenvalue weighted by Gasteiger charge is -2.28. The lowest BCUT2D eigenvalue weighted by molar-refractivity contribution is -0.857. The fourth-order valence-corrected chi connectivity index (χ4v) is 3.62. The van der Waals surface area contributed by atoms with E-state index in [1.54, 1.807) is 12.1 Å². The number of carbonyl (C=O) groups excluding carboxylic acids is 2. The first-order chi connectivity index (χ1) is 14.8. The summed E-state index contributed by atoms with van der Waals surface area (Å²) >= 11 is 0. The number of quaternary nitrogens is 1. The van der Waals surface area contributed by atoms with Crippen LogP contribution >= 0.6 is 0 Å². The molecule has 31 heavy (non-hydrogen) atoms. The molecule has 0 spiro atoms. The number of Topliss-reactive ketones (excluding diaryl/α,β-unsaturated/α-hetero) is 1. The molecular weight excluding hydrogens is 392 g/mol. The van der Waals surface area contributed by atoms with E-state index in [2.05, 4.69) is 0 Å². The second kappa shape index (κ2) is 9.79. The number of hydrogen-bond donors (Lipinski definition) is 1. The summed E-state index contributed by atoms with van der Waals surface area (Å²) in [5, 5.41) is 13.3. The van der Waals surface area contributed by atoms with Crippen molar-refractivity contribution in [2.75, 3.05) is 33.8 Å². The number of aryl methyl sites for hydroxylation is 1. The minimum atomic E-state index is -0.712. The largest absolute Gasteiger partial charge is 0.872 e. The quantitative estimate of drug-likeness (QED) is 0.394. The van der Waals surface area contributed by atoms with Gasteiger partial charge in [-0.3, -0.25) is 9.59 Å². The molecule has 6 nitrogen and oxygen atoms in total. The third-order valence-electron chi connectivity index (χ3n) is 5.36. The van der Waals surface area contributed by atoms with Crippen molar-refractivity contribution in [2.45, 2.75) is 26.3 Å². The topological polar surface area (TPSA) is 74.1 Å². The molecule has 1 aliphatic rings. The number of likely N-dealkylation sites (N-methyl/N-ethyl adjacent to an activating group) is 1. The molecule has 1 aliphatic heterocycles. The Labute approximate surface area is 183 Å². The highest BCUT2D eigenvalue weighted by molar-refractivity contribution is 6.46. The number of benzene rings is 2. The molecule has 1 heterocycles. The van der Waals surface area contributed by atoms with Crippen LogP contribution in [-0.2, 0) is 9.59 Å². The average Bonchev–Trinajstić information content (AvgIpc) is 3.01. The van der Waals surface area contributed by atoms with Crippen molar-refractivity contribution in [1.82, 2.24) is 4.90 Å². The van der Waals surface area contributed by atoms with E-state index in [1.165, 1.54) is 4.90 Å². The maximum Gasteiger partial charge on any atom is 0.295 e. The SMILES string of the molecule is CCCOc1ccc(C2C(=C([O-])c3ccc(C)cc3)C(=O)C(=O)N2CC[NH+](C)C)cc1. The van der Waals surface area contributed by atoms with E-state index < -0.39 is 23.5 Å².